The lowest BCUT2D eigenvalue weighted by atomic mass is 10.1. The number of halogens is 1. The van der Waals surface area contributed by atoms with Crippen LogP contribution in [0.5, 0.6) is 0 Å². The van der Waals surface area contributed by atoms with Gasteiger partial charge in [0.05, 0.1) is 13.2 Å². The molecule has 0 heterocycles. The third-order valence-electron chi connectivity index (χ3n) is 3.36. The number of methoxy groups -OCH3 is 1. The number of rotatable bonds is 7. The second-order valence-electron chi connectivity index (χ2n) is 5.00. The standard InChI is InChI=1S/C19H19ClO3/c1-22-17(12-11-16-9-5-6-10-18(16)20)13-19(21)23-14-15-7-3-2-4-8-15/h2-10,13H,11-12,14H2,1H3. The maximum Gasteiger partial charge on any atom is 0.334 e. The van der Waals surface area contributed by atoms with E-state index >= 15 is 0 Å². The molecule has 3 nitrogen and oxygen atoms in total. The quantitative estimate of drug-likeness (QED) is 0.424. The van der Waals surface area contributed by atoms with Crippen LogP contribution in [0.2, 0.25) is 5.02 Å². The van der Waals surface area contributed by atoms with Gasteiger partial charge in [0.15, 0.2) is 0 Å². The van der Waals surface area contributed by atoms with E-state index in [0.717, 1.165) is 16.1 Å². The van der Waals surface area contributed by atoms with Crippen LogP contribution in [0.25, 0.3) is 0 Å². The summed E-state index contributed by atoms with van der Waals surface area (Å²) in [5.41, 5.74) is 1.97. The molecule has 0 amide bonds. The van der Waals surface area contributed by atoms with Gasteiger partial charge in [0.25, 0.3) is 0 Å². The van der Waals surface area contributed by atoms with Crippen molar-refractivity contribution in [3.8, 4) is 0 Å². The summed E-state index contributed by atoms with van der Waals surface area (Å²) in [5.74, 6) is 0.160. The maximum atomic E-state index is 11.9. The molecular formula is C19H19ClO3. The number of benzene rings is 2. The molecule has 23 heavy (non-hydrogen) atoms. The molecule has 0 aromatic heterocycles. The van der Waals surface area contributed by atoms with Crippen molar-refractivity contribution in [3.63, 3.8) is 0 Å². The van der Waals surface area contributed by atoms with Gasteiger partial charge in [0.2, 0.25) is 0 Å². The van der Waals surface area contributed by atoms with Gasteiger partial charge < -0.3 is 9.47 Å². The van der Waals surface area contributed by atoms with Crippen LogP contribution in [0.3, 0.4) is 0 Å². The van der Waals surface area contributed by atoms with Crippen molar-refractivity contribution in [1.82, 2.24) is 0 Å². The Bertz CT molecular complexity index is 665. The monoisotopic (exact) mass is 330 g/mol. The third kappa shape index (κ3) is 5.80. The van der Waals surface area contributed by atoms with Crippen LogP contribution in [-0.2, 0) is 27.3 Å². The third-order valence-corrected chi connectivity index (χ3v) is 3.73. The molecule has 0 aliphatic rings. The van der Waals surface area contributed by atoms with Gasteiger partial charge in [0, 0.05) is 11.4 Å². The van der Waals surface area contributed by atoms with E-state index in [-0.39, 0.29) is 6.61 Å². The normalized spacial score (nSPS) is 11.1. The van der Waals surface area contributed by atoms with Crippen LogP contribution >= 0.6 is 11.6 Å². The maximum absolute atomic E-state index is 11.9. The fourth-order valence-electron chi connectivity index (χ4n) is 2.09. The first kappa shape index (κ1) is 17.1. The van der Waals surface area contributed by atoms with Gasteiger partial charge in [-0.25, -0.2) is 4.79 Å². The Hall–Kier alpha value is -2.26. The molecule has 0 aliphatic carbocycles. The molecule has 4 heteroatoms. The van der Waals surface area contributed by atoms with Gasteiger partial charge in [-0.1, -0.05) is 60.1 Å². The molecule has 2 aromatic carbocycles. The van der Waals surface area contributed by atoms with Gasteiger partial charge >= 0.3 is 5.97 Å². The summed E-state index contributed by atoms with van der Waals surface area (Å²) >= 11 is 6.12. The minimum Gasteiger partial charge on any atom is -0.501 e. The highest BCUT2D eigenvalue weighted by Crippen LogP contribution is 2.18. The Morgan fingerprint density at radius 1 is 1.09 bits per heavy atom. The topological polar surface area (TPSA) is 35.5 Å². The number of hydrogen-bond donors (Lipinski definition) is 0. The zero-order valence-electron chi connectivity index (χ0n) is 13.0. The minimum atomic E-state index is -0.412. The Balaban J connectivity index is 1.87. The van der Waals surface area contributed by atoms with Gasteiger partial charge in [-0.3, -0.25) is 0 Å². The molecule has 0 saturated carbocycles. The first-order chi connectivity index (χ1) is 11.2. The van der Waals surface area contributed by atoms with Crippen molar-refractivity contribution < 1.29 is 14.3 Å². The molecule has 0 unspecified atom stereocenters. The average molecular weight is 331 g/mol. The summed E-state index contributed by atoms with van der Waals surface area (Å²) in [4.78, 5) is 11.9. The molecule has 120 valence electrons. The minimum absolute atomic E-state index is 0.248. The number of carbonyl (C=O) groups excluding carboxylic acids is 1. The summed E-state index contributed by atoms with van der Waals surface area (Å²) in [6.07, 6.45) is 2.67. The van der Waals surface area contributed by atoms with Gasteiger partial charge in [-0.15, -0.1) is 0 Å². The van der Waals surface area contributed by atoms with Gasteiger partial charge in [-0.2, -0.15) is 0 Å². The van der Waals surface area contributed by atoms with Gasteiger partial charge in [-0.05, 0) is 23.6 Å². The summed E-state index contributed by atoms with van der Waals surface area (Å²) in [6.45, 7) is 0.248. The van der Waals surface area contributed by atoms with E-state index in [4.69, 9.17) is 21.1 Å². The van der Waals surface area contributed by atoms with Crippen LogP contribution in [0.1, 0.15) is 17.5 Å². The van der Waals surface area contributed by atoms with Crippen LogP contribution in [0, 0.1) is 0 Å². The number of esters is 1. The Kier molecular flexibility index (Phi) is 6.70. The fraction of sp³-hybridized carbons (Fsp3) is 0.211. The summed E-state index contributed by atoms with van der Waals surface area (Å²) in [5, 5.41) is 0.717. The zero-order valence-corrected chi connectivity index (χ0v) is 13.8. The summed E-state index contributed by atoms with van der Waals surface area (Å²) < 4.78 is 10.5. The van der Waals surface area contributed by atoms with Gasteiger partial charge in [0.1, 0.15) is 12.4 Å². The molecule has 0 atom stereocenters. The summed E-state index contributed by atoms with van der Waals surface area (Å²) in [6, 6.07) is 17.2. The van der Waals surface area contributed by atoms with E-state index in [0.29, 0.717) is 18.6 Å². The lowest BCUT2D eigenvalue weighted by Gasteiger charge is -2.08. The number of allylic oxidation sites excluding steroid dienone is 1. The van der Waals surface area contributed by atoms with E-state index in [2.05, 4.69) is 0 Å². The van der Waals surface area contributed by atoms with E-state index < -0.39 is 5.97 Å². The lowest BCUT2D eigenvalue weighted by molar-refractivity contribution is -0.139. The Morgan fingerprint density at radius 3 is 2.48 bits per heavy atom. The second kappa shape index (κ2) is 9.01. The number of ether oxygens (including phenoxy) is 2. The highest BCUT2D eigenvalue weighted by molar-refractivity contribution is 6.31. The first-order valence-corrected chi connectivity index (χ1v) is 7.75. The van der Waals surface area contributed by atoms with Crippen molar-refractivity contribution in [2.24, 2.45) is 0 Å². The second-order valence-corrected chi connectivity index (χ2v) is 5.41. The van der Waals surface area contributed by atoms with Crippen LogP contribution in [0.4, 0.5) is 0 Å². The average Bonchev–Trinajstić information content (AvgIpc) is 2.59. The van der Waals surface area contributed by atoms with Crippen LogP contribution in [0.15, 0.2) is 66.4 Å². The van der Waals surface area contributed by atoms with Crippen molar-refractivity contribution in [2.75, 3.05) is 7.11 Å². The molecule has 0 fully saturated rings. The van der Waals surface area contributed by atoms with Crippen molar-refractivity contribution in [3.05, 3.63) is 82.6 Å². The number of hydrogen-bond acceptors (Lipinski definition) is 3. The molecule has 0 saturated heterocycles. The zero-order chi connectivity index (χ0) is 16.5. The Labute approximate surface area is 141 Å². The van der Waals surface area contributed by atoms with E-state index in [9.17, 15) is 4.79 Å². The van der Waals surface area contributed by atoms with Crippen molar-refractivity contribution >= 4 is 17.6 Å². The highest BCUT2D eigenvalue weighted by Gasteiger charge is 2.06. The molecule has 0 spiro atoms. The molecule has 2 aromatic rings. The molecule has 0 aliphatic heterocycles. The van der Waals surface area contributed by atoms with E-state index in [1.807, 2.05) is 54.6 Å². The lowest BCUT2D eigenvalue weighted by Crippen LogP contribution is -2.04. The number of aryl methyl sites for hydroxylation is 1. The number of carbonyl (C=O) groups is 1. The van der Waals surface area contributed by atoms with E-state index in [1.54, 1.807) is 7.11 Å². The largest absolute Gasteiger partial charge is 0.501 e. The predicted molar refractivity (Wildman–Crippen MR) is 91.1 cm³/mol. The van der Waals surface area contributed by atoms with Crippen LogP contribution in [-0.4, -0.2) is 13.1 Å². The SMILES string of the molecule is COC(=CC(=O)OCc1ccccc1)CCc1ccccc1Cl. The summed E-state index contributed by atoms with van der Waals surface area (Å²) in [7, 11) is 1.54. The van der Waals surface area contributed by atoms with Crippen molar-refractivity contribution in [2.45, 2.75) is 19.4 Å². The smallest absolute Gasteiger partial charge is 0.334 e. The highest BCUT2D eigenvalue weighted by atomic mass is 35.5. The molecule has 0 bridgehead atoms. The molecule has 0 N–H and O–H groups in total. The molecule has 0 radical (unpaired) electrons. The Morgan fingerprint density at radius 2 is 1.78 bits per heavy atom. The molecule has 2 rings (SSSR count). The fourth-order valence-corrected chi connectivity index (χ4v) is 2.32. The predicted octanol–water partition coefficient (Wildman–Crippen LogP) is 4.55. The van der Waals surface area contributed by atoms with E-state index in [1.165, 1.54) is 6.08 Å². The van der Waals surface area contributed by atoms with Crippen LogP contribution < -0.4 is 0 Å². The first-order valence-electron chi connectivity index (χ1n) is 7.37. The van der Waals surface area contributed by atoms with Crippen molar-refractivity contribution in [1.29, 1.82) is 0 Å². The molecular weight excluding hydrogens is 312 g/mol.